The zero-order chi connectivity index (χ0) is 12.1. The lowest BCUT2D eigenvalue weighted by Gasteiger charge is -2.10. The van der Waals surface area contributed by atoms with Crippen LogP contribution in [-0.4, -0.2) is 11.9 Å². The molecule has 0 aliphatic heterocycles. The monoisotopic (exact) mass is 222 g/mol. The van der Waals surface area contributed by atoms with Crippen molar-refractivity contribution in [3.63, 3.8) is 0 Å². The topological polar surface area (TPSA) is 55.1 Å². The van der Waals surface area contributed by atoms with E-state index in [9.17, 15) is 9.18 Å². The van der Waals surface area contributed by atoms with E-state index in [1.165, 1.54) is 12.1 Å². The smallest absolute Gasteiger partial charge is 0.241 e. The molecule has 0 heterocycles. The number of carbonyl (C=O) groups is 1. The number of hydrogen-bond donors (Lipinski definition) is 2. The van der Waals surface area contributed by atoms with Gasteiger partial charge in [-0.3, -0.25) is 4.79 Å². The molecule has 86 valence electrons. The van der Waals surface area contributed by atoms with Gasteiger partial charge in [0.05, 0.1) is 6.04 Å². The summed E-state index contributed by atoms with van der Waals surface area (Å²) in [6.45, 7) is 5.25. The molecule has 0 aliphatic rings. The molecule has 1 atom stereocenters. The summed E-state index contributed by atoms with van der Waals surface area (Å²) in [7, 11) is 0. The molecule has 1 aromatic rings. The minimum Gasteiger partial charge on any atom is -0.325 e. The maximum absolute atomic E-state index is 13.0. The summed E-state index contributed by atoms with van der Waals surface area (Å²) in [6, 6.07) is 3.67. The number of anilines is 1. The first kappa shape index (κ1) is 12.4. The van der Waals surface area contributed by atoms with Crippen LogP contribution in [0.25, 0.3) is 0 Å². The molecule has 1 rings (SSSR count). The normalized spacial score (nSPS) is 11.9. The quantitative estimate of drug-likeness (QED) is 0.765. The Hall–Kier alpha value is -1.68. The fraction of sp³-hybridized carbons (Fsp3) is 0.250. The van der Waals surface area contributed by atoms with Crippen molar-refractivity contribution in [3.8, 4) is 0 Å². The van der Waals surface area contributed by atoms with Crippen LogP contribution in [0.2, 0.25) is 0 Å². The second-order valence-electron chi connectivity index (χ2n) is 3.64. The summed E-state index contributed by atoms with van der Waals surface area (Å²) >= 11 is 0. The Bertz CT molecular complexity index is 384. The van der Waals surface area contributed by atoms with E-state index in [0.717, 1.165) is 5.56 Å². The lowest BCUT2D eigenvalue weighted by atomic mass is 10.2. The lowest BCUT2D eigenvalue weighted by molar-refractivity contribution is -0.117. The van der Waals surface area contributed by atoms with E-state index in [4.69, 9.17) is 5.73 Å². The summed E-state index contributed by atoms with van der Waals surface area (Å²) < 4.78 is 13.0. The van der Waals surface area contributed by atoms with Crippen LogP contribution < -0.4 is 11.1 Å². The van der Waals surface area contributed by atoms with Gasteiger partial charge in [0.2, 0.25) is 5.91 Å². The predicted octanol–water partition coefficient (Wildman–Crippen LogP) is 1.98. The Kier molecular flexibility index (Phi) is 4.19. The highest BCUT2D eigenvalue weighted by atomic mass is 19.1. The van der Waals surface area contributed by atoms with Gasteiger partial charge in [-0.25, -0.2) is 4.39 Å². The maximum Gasteiger partial charge on any atom is 0.241 e. The van der Waals surface area contributed by atoms with Gasteiger partial charge in [-0.15, -0.1) is 6.58 Å². The Morgan fingerprint density at radius 2 is 2.31 bits per heavy atom. The van der Waals surface area contributed by atoms with E-state index >= 15 is 0 Å². The molecule has 0 spiro atoms. The summed E-state index contributed by atoms with van der Waals surface area (Å²) in [6.07, 6.45) is 1.96. The summed E-state index contributed by atoms with van der Waals surface area (Å²) in [4.78, 5) is 11.5. The summed E-state index contributed by atoms with van der Waals surface area (Å²) in [5.41, 5.74) is 6.74. The fourth-order valence-electron chi connectivity index (χ4n) is 1.33. The molecule has 3 nitrogen and oxygen atoms in total. The van der Waals surface area contributed by atoms with Crippen LogP contribution >= 0.6 is 0 Å². The highest BCUT2D eigenvalue weighted by Gasteiger charge is 2.11. The van der Waals surface area contributed by atoms with Crippen molar-refractivity contribution in [1.82, 2.24) is 0 Å². The van der Waals surface area contributed by atoms with Crippen molar-refractivity contribution in [3.05, 3.63) is 42.2 Å². The Balaban J connectivity index is 2.72. The molecule has 0 aliphatic carbocycles. The van der Waals surface area contributed by atoms with Gasteiger partial charge >= 0.3 is 0 Å². The molecule has 0 saturated heterocycles. The SMILES string of the molecule is C=CCC(N)C(=O)Nc1cc(C)cc(F)c1. The fourth-order valence-corrected chi connectivity index (χ4v) is 1.33. The molecule has 3 N–H and O–H groups in total. The number of carbonyl (C=O) groups excluding carboxylic acids is 1. The van der Waals surface area contributed by atoms with E-state index in [2.05, 4.69) is 11.9 Å². The van der Waals surface area contributed by atoms with Crippen molar-refractivity contribution in [2.24, 2.45) is 5.73 Å². The molecule has 0 fully saturated rings. The molecule has 0 saturated carbocycles. The molecule has 1 unspecified atom stereocenters. The van der Waals surface area contributed by atoms with Crippen molar-refractivity contribution in [2.75, 3.05) is 5.32 Å². The highest BCUT2D eigenvalue weighted by molar-refractivity contribution is 5.94. The lowest BCUT2D eigenvalue weighted by Crippen LogP contribution is -2.35. The van der Waals surface area contributed by atoms with Crippen LogP contribution in [0.3, 0.4) is 0 Å². The van der Waals surface area contributed by atoms with Crippen molar-refractivity contribution >= 4 is 11.6 Å². The molecule has 1 aromatic carbocycles. The number of amides is 1. The Labute approximate surface area is 94.1 Å². The van der Waals surface area contributed by atoms with E-state index in [0.29, 0.717) is 12.1 Å². The third-order valence-electron chi connectivity index (χ3n) is 2.07. The van der Waals surface area contributed by atoms with Crippen molar-refractivity contribution in [2.45, 2.75) is 19.4 Å². The second kappa shape index (κ2) is 5.42. The Morgan fingerprint density at radius 3 is 2.88 bits per heavy atom. The average molecular weight is 222 g/mol. The number of aryl methyl sites for hydroxylation is 1. The number of nitrogens with two attached hydrogens (primary N) is 1. The molecule has 4 heteroatoms. The van der Waals surface area contributed by atoms with Gasteiger partial charge in [-0.05, 0) is 37.1 Å². The molecular weight excluding hydrogens is 207 g/mol. The number of halogens is 1. The second-order valence-corrected chi connectivity index (χ2v) is 3.64. The standard InChI is InChI=1S/C12H15FN2O/c1-3-4-11(14)12(16)15-10-6-8(2)5-9(13)7-10/h3,5-7,11H,1,4,14H2,2H3,(H,15,16). The minimum atomic E-state index is -0.652. The van der Waals surface area contributed by atoms with Crippen LogP contribution in [0, 0.1) is 12.7 Å². The molecule has 0 bridgehead atoms. The van der Waals surface area contributed by atoms with Gasteiger partial charge in [0.25, 0.3) is 0 Å². The molecule has 1 amide bonds. The van der Waals surface area contributed by atoms with Crippen LogP contribution in [0.1, 0.15) is 12.0 Å². The number of hydrogen-bond acceptors (Lipinski definition) is 2. The summed E-state index contributed by atoms with van der Waals surface area (Å²) in [5, 5.41) is 2.56. The molecule has 0 radical (unpaired) electrons. The maximum atomic E-state index is 13.0. The van der Waals surface area contributed by atoms with E-state index in [1.54, 1.807) is 19.1 Å². The summed E-state index contributed by atoms with van der Waals surface area (Å²) in [5.74, 6) is -0.725. The third kappa shape index (κ3) is 3.47. The molecule has 0 aromatic heterocycles. The van der Waals surface area contributed by atoms with Gasteiger partial charge < -0.3 is 11.1 Å². The third-order valence-corrected chi connectivity index (χ3v) is 2.07. The number of rotatable bonds is 4. The number of nitrogens with one attached hydrogen (secondary N) is 1. The van der Waals surface area contributed by atoms with E-state index < -0.39 is 6.04 Å². The van der Waals surface area contributed by atoms with Gasteiger partial charge in [-0.1, -0.05) is 6.08 Å². The first-order valence-corrected chi connectivity index (χ1v) is 4.97. The van der Waals surface area contributed by atoms with E-state index in [-0.39, 0.29) is 11.7 Å². The molecular formula is C12H15FN2O. The van der Waals surface area contributed by atoms with Gasteiger partial charge in [0.15, 0.2) is 0 Å². The molecule has 16 heavy (non-hydrogen) atoms. The van der Waals surface area contributed by atoms with Gasteiger partial charge in [0.1, 0.15) is 5.82 Å². The zero-order valence-electron chi connectivity index (χ0n) is 9.16. The van der Waals surface area contributed by atoms with Crippen LogP contribution in [0.4, 0.5) is 10.1 Å². The van der Waals surface area contributed by atoms with Crippen molar-refractivity contribution in [1.29, 1.82) is 0 Å². The van der Waals surface area contributed by atoms with Crippen LogP contribution in [0.5, 0.6) is 0 Å². The average Bonchev–Trinajstić information content (AvgIpc) is 2.16. The zero-order valence-corrected chi connectivity index (χ0v) is 9.16. The largest absolute Gasteiger partial charge is 0.325 e. The van der Waals surface area contributed by atoms with Crippen molar-refractivity contribution < 1.29 is 9.18 Å². The van der Waals surface area contributed by atoms with E-state index in [1.807, 2.05) is 0 Å². The number of benzene rings is 1. The van der Waals surface area contributed by atoms with Crippen LogP contribution in [-0.2, 0) is 4.79 Å². The van der Waals surface area contributed by atoms with Gasteiger partial charge in [0, 0.05) is 5.69 Å². The highest BCUT2D eigenvalue weighted by Crippen LogP contribution is 2.13. The van der Waals surface area contributed by atoms with Crippen LogP contribution in [0.15, 0.2) is 30.9 Å². The first-order valence-electron chi connectivity index (χ1n) is 4.97. The van der Waals surface area contributed by atoms with Gasteiger partial charge in [-0.2, -0.15) is 0 Å². The minimum absolute atomic E-state index is 0.343. The predicted molar refractivity (Wildman–Crippen MR) is 62.6 cm³/mol. The Morgan fingerprint density at radius 1 is 1.62 bits per heavy atom. The first-order chi connectivity index (χ1) is 7.52.